The van der Waals surface area contributed by atoms with Crippen LogP contribution in [-0.4, -0.2) is 42.5 Å². The van der Waals surface area contributed by atoms with E-state index in [1.165, 1.54) is 0 Å². The first-order chi connectivity index (χ1) is 6.21. The molecule has 0 atom stereocenters. The van der Waals surface area contributed by atoms with E-state index < -0.39 is 26.8 Å². The van der Waals surface area contributed by atoms with Crippen LogP contribution < -0.4 is 0 Å². The molecule has 0 aliphatic rings. The third-order valence-electron chi connectivity index (χ3n) is 1.48. The normalized spacial score (nSPS) is 12.0. The Morgan fingerprint density at radius 1 is 1.07 bits per heavy atom. The second-order valence-corrected chi connectivity index (χ2v) is 3.92. The van der Waals surface area contributed by atoms with Crippen molar-refractivity contribution in [2.45, 2.75) is 11.1 Å². The maximum atomic E-state index is 12.0. The average molecular weight is 250 g/mol. The van der Waals surface area contributed by atoms with Gasteiger partial charge in [-0.05, 0) is 24.3 Å². The van der Waals surface area contributed by atoms with Crippen molar-refractivity contribution >= 4 is 39.7 Å². The van der Waals surface area contributed by atoms with Crippen molar-refractivity contribution in [2.24, 2.45) is 0 Å². The molecule has 0 spiro atoms. The van der Waals surface area contributed by atoms with Gasteiger partial charge in [-0.15, -0.1) is 0 Å². The fourth-order valence-electron chi connectivity index (χ4n) is 0.816. The van der Waals surface area contributed by atoms with Gasteiger partial charge in [0, 0.05) is 0 Å². The van der Waals surface area contributed by atoms with Crippen molar-refractivity contribution in [1.82, 2.24) is 0 Å². The van der Waals surface area contributed by atoms with Gasteiger partial charge in [0.15, 0.2) is 0 Å². The molecule has 0 saturated carbocycles. The standard InChI is InChI=1S/C7H5F3O3S.Na.H/c8-7(9,10)5-1-3-6(4-2-5)14(11,12)13;;/h1-4H,(H,11,12,13);;. The van der Waals surface area contributed by atoms with E-state index in [4.69, 9.17) is 4.55 Å². The van der Waals surface area contributed by atoms with Crippen molar-refractivity contribution in [1.29, 1.82) is 0 Å². The summed E-state index contributed by atoms with van der Waals surface area (Å²) in [6, 6.07) is 2.56. The molecule has 0 heterocycles. The van der Waals surface area contributed by atoms with Crippen molar-refractivity contribution in [3.05, 3.63) is 29.8 Å². The Bertz CT molecular complexity index is 424. The van der Waals surface area contributed by atoms with Gasteiger partial charge < -0.3 is 0 Å². The van der Waals surface area contributed by atoms with Crippen LogP contribution in [0.15, 0.2) is 29.2 Å². The Morgan fingerprint density at radius 3 is 1.73 bits per heavy atom. The topological polar surface area (TPSA) is 54.4 Å². The summed E-state index contributed by atoms with van der Waals surface area (Å²) in [6.45, 7) is 0. The Labute approximate surface area is 106 Å². The van der Waals surface area contributed by atoms with Crippen LogP contribution in [0.1, 0.15) is 5.56 Å². The number of alkyl halides is 3. The van der Waals surface area contributed by atoms with Gasteiger partial charge in [-0.3, -0.25) is 4.55 Å². The van der Waals surface area contributed by atoms with Crippen molar-refractivity contribution in [3.8, 4) is 0 Å². The van der Waals surface area contributed by atoms with Crippen molar-refractivity contribution < 1.29 is 26.1 Å². The predicted molar refractivity (Wildman–Crippen MR) is 48.4 cm³/mol. The second-order valence-electron chi connectivity index (χ2n) is 2.50. The summed E-state index contributed by atoms with van der Waals surface area (Å²) in [6.07, 6.45) is -4.52. The van der Waals surface area contributed by atoms with Crippen LogP contribution in [0.2, 0.25) is 0 Å². The van der Waals surface area contributed by atoms with Crippen LogP contribution in [0.5, 0.6) is 0 Å². The monoisotopic (exact) mass is 250 g/mol. The number of benzene rings is 1. The summed E-state index contributed by atoms with van der Waals surface area (Å²) in [7, 11) is -4.43. The first-order valence-corrected chi connectivity index (χ1v) is 4.80. The Kier molecular flexibility index (Phi) is 4.81. The van der Waals surface area contributed by atoms with E-state index >= 15 is 0 Å². The molecule has 80 valence electrons. The summed E-state index contributed by atoms with van der Waals surface area (Å²) in [5.41, 5.74) is -0.968. The average Bonchev–Trinajstić information content (AvgIpc) is 2.01. The van der Waals surface area contributed by atoms with Crippen molar-refractivity contribution in [3.63, 3.8) is 0 Å². The number of halogens is 3. The Hall–Kier alpha value is -0.0800. The zero-order valence-electron chi connectivity index (χ0n) is 6.62. The number of hydrogen-bond acceptors (Lipinski definition) is 2. The molecule has 3 nitrogen and oxygen atoms in total. The fourth-order valence-corrected chi connectivity index (χ4v) is 1.30. The Morgan fingerprint density at radius 2 is 1.47 bits per heavy atom. The minimum atomic E-state index is -4.52. The summed E-state index contributed by atoms with van der Waals surface area (Å²) in [5.74, 6) is 0. The Balaban J connectivity index is 0.00000196. The zero-order valence-corrected chi connectivity index (χ0v) is 7.43. The molecule has 0 aliphatic heterocycles. The first-order valence-electron chi connectivity index (χ1n) is 3.36. The molecule has 0 bridgehead atoms. The summed E-state index contributed by atoms with van der Waals surface area (Å²) in [5, 5.41) is 0. The molecule has 0 amide bonds. The molecule has 1 aromatic rings. The SMILES string of the molecule is O=S(=O)(O)c1ccc(C(F)(F)F)cc1.[NaH]. The molecule has 0 unspecified atom stereocenters. The molecule has 1 rings (SSSR count). The van der Waals surface area contributed by atoms with Crippen LogP contribution in [-0.2, 0) is 16.3 Å². The summed E-state index contributed by atoms with van der Waals surface area (Å²) in [4.78, 5) is -0.564. The molecular weight excluding hydrogens is 244 g/mol. The molecule has 0 aliphatic carbocycles. The second kappa shape index (κ2) is 4.84. The zero-order chi connectivity index (χ0) is 11.0. The third kappa shape index (κ3) is 4.12. The van der Waals surface area contributed by atoms with Gasteiger partial charge in [0.25, 0.3) is 10.1 Å². The van der Waals surface area contributed by atoms with Crippen LogP contribution in [0, 0.1) is 0 Å². The minimum absolute atomic E-state index is 0. The van der Waals surface area contributed by atoms with Crippen LogP contribution in [0.3, 0.4) is 0 Å². The molecule has 0 fully saturated rings. The molecular formula is C7H6F3NaO3S. The van der Waals surface area contributed by atoms with Gasteiger partial charge in [-0.25, -0.2) is 0 Å². The van der Waals surface area contributed by atoms with E-state index in [1.807, 2.05) is 0 Å². The molecule has 0 saturated heterocycles. The molecule has 0 aromatic heterocycles. The summed E-state index contributed by atoms with van der Waals surface area (Å²) >= 11 is 0. The molecule has 1 aromatic carbocycles. The van der Waals surface area contributed by atoms with Gasteiger partial charge in [0.2, 0.25) is 0 Å². The van der Waals surface area contributed by atoms with Gasteiger partial charge in [0.05, 0.1) is 10.5 Å². The van der Waals surface area contributed by atoms with Gasteiger partial charge in [0.1, 0.15) is 0 Å². The summed E-state index contributed by atoms with van der Waals surface area (Å²) < 4.78 is 65.4. The molecule has 15 heavy (non-hydrogen) atoms. The van der Waals surface area contributed by atoms with Gasteiger partial charge in [-0.2, -0.15) is 21.6 Å². The van der Waals surface area contributed by atoms with E-state index in [-0.39, 0.29) is 29.6 Å². The third-order valence-corrected chi connectivity index (χ3v) is 2.35. The van der Waals surface area contributed by atoms with Gasteiger partial charge in [-0.1, -0.05) is 0 Å². The first kappa shape index (κ1) is 14.9. The quantitative estimate of drug-likeness (QED) is 0.603. The number of rotatable bonds is 1. The van der Waals surface area contributed by atoms with E-state index in [0.717, 1.165) is 0 Å². The van der Waals surface area contributed by atoms with E-state index in [9.17, 15) is 21.6 Å². The predicted octanol–water partition coefficient (Wildman–Crippen LogP) is 1.30. The molecule has 1 N–H and O–H groups in total. The maximum absolute atomic E-state index is 12.0. The van der Waals surface area contributed by atoms with E-state index in [0.29, 0.717) is 24.3 Å². The van der Waals surface area contributed by atoms with E-state index in [2.05, 4.69) is 0 Å². The fraction of sp³-hybridized carbons (Fsp3) is 0.143. The van der Waals surface area contributed by atoms with Gasteiger partial charge >= 0.3 is 35.7 Å². The van der Waals surface area contributed by atoms with Crippen molar-refractivity contribution in [2.75, 3.05) is 0 Å². The molecule has 0 radical (unpaired) electrons. The van der Waals surface area contributed by atoms with Crippen LogP contribution >= 0.6 is 0 Å². The molecule has 8 heteroatoms. The van der Waals surface area contributed by atoms with E-state index in [1.54, 1.807) is 0 Å². The number of hydrogen-bond donors (Lipinski definition) is 1. The van der Waals surface area contributed by atoms with Crippen LogP contribution in [0.25, 0.3) is 0 Å². The van der Waals surface area contributed by atoms with Crippen LogP contribution in [0.4, 0.5) is 13.2 Å².